The fraction of sp³-hybridized carbons (Fsp3) is 0.562. The van der Waals surface area contributed by atoms with Crippen LogP contribution < -0.4 is 5.32 Å². The molecule has 1 saturated heterocycles. The Balaban J connectivity index is 1.79. The molecule has 0 aromatic carbocycles. The second kappa shape index (κ2) is 5.68. The van der Waals surface area contributed by atoms with E-state index in [9.17, 15) is 0 Å². The van der Waals surface area contributed by atoms with Gasteiger partial charge in [-0.15, -0.1) is 0 Å². The predicted octanol–water partition coefficient (Wildman–Crippen LogP) is 2.45. The zero-order valence-corrected chi connectivity index (χ0v) is 13.6. The maximum Gasteiger partial charge on any atom is 0.129 e. The quantitative estimate of drug-likeness (QED) is 0.943. The lowest BCUT2D eigenvalue weighted by Crippen LogP contribution is -2.26. The van der Waals surface area contributed by atoms with Gasteiger partial charge >= 0.3 is 0 Å². The van der Waals surface area contributed by atoms with Gasteiger partial charge in [0.25, 0.3) is 0 Å². The topological polar surface area (TPSA) is 64.9 Å². The fourth-order valence-corrected chi connectivity index (χ4v) is 2.73. The molecule has 0 unspecified atom stereocenters. The minimum absolute atomic E-state index is 0.000511. The monoisotopic (exact) mass is 301 g/mol. The number of rotatable bonds is 3. The summed E-state index contributed by atoms with van der Waals surface area (Å²) in [5.74, 6) is 0.850. The number of ether oxygens (including phenoxy) is 1. The lowest BCUT2D eigenvalue weighted by atomic mass is 9.92. The van der Waals surface area contributed by atoms with E-state index in [1.54, 1.807) is 12.5 Å². The summed E-state index contributed by atoms with van der Waals surface area (Å²) in [5, 5.41) is 7.73. The maximum absolute atomic E-state index is 5.89. The minimum Gasteiger partial charge on any atom is -0.370 e. The Kier molecular flexibility index (Phi) is 3.87. The molecule has 2 aromatic rings. The molecule has 3 rings (SSSR count). The Morgan fingerprint density at radius 1 is 1.32 bits per heavy atom. The van der Waals surface area contributed by atoms with E-state index < -0.39 is 0 Å². The largest absolute Gasteiger partial charge is 0.370 e. The highest BCUT2D eigenvalue weighted by Gasteiger charge is 2.32. The van der Waals surface area contributed by atoms with Crippen LogP contribution in [0.4, 0.5) is 5.82 Å². The summed E-state index contributed by atoms with van der Waals surface area (Å²) in [6.45, 7) is 7.19. The van der Waals surface area contributed by atoms with Gasteiger partial charge < -0.3 is 10.1 Å². The fourth-order valence-electron chi connectivity index (χ4n) is 2.73. The van der Waals surface area contributed by atoms with Gasteiger partial charge in [0.15, 0.2) is 0 Å². The van der Waals surface area contributed by atoms with E-state index >= 15 is 0 Å². The molecule has 0 radical (unpaired) electrons. The van der Waals surface area contributed by atoms with Gasteiger partial charge in [-0.25, -0.2) is 9.97 Å². The SMILES string of the molecule is Cn1nccc1[C@H]1OCC[C@@H]1Nc1cc(C(C)(C)C)ncn1. The van der Waals surface area contributed by atoms with Crippen LogP contribution >= 0.6 is 0 Å². The molecule has 6 heteroatoms. The molecule has 118 valence electrons. The second-order valence-corrected chi connectivity index (χ2v) is 6.75. The van der Waals surface area contributed by atoms with Crippen LogP contribution in [0, 0.1) is 0 Å². The van der Waals surface area contributed by atoms with Crippen molar-refractivity contribution in [1.82, 2.24) is 19.7 Å². The first-order valence-corrected chi connectivity index (χ1v) is 7.64. The van der Waals surface area contributed by atoms with Crippen molar-refractivity contribution >= 4 is 5.82 Å². The van der Waals surface area contributed by atoms with Crippen molar-refractivity contribution in [3.63, 3.8) is 0 Å². The highest BCUT2D eigenvalue weighted by atomic mass is 16.5. The molecule has 3 heterocycles. The Hall–Kier alpha value is -1.95. The maximum atomic E-state index is 5.89. The first-order chi connectivity index (χ1) is 10.4. The van der Waals surface area contributed by atoms with Crippen molar-refractivity contribution in [2.75, 3.05) is 11.9 Å². The summed E-state index contributed by atoms with van der Waals surface area (Å²) in [6.07, 6.45) is 4.37. The van der Waals surface area contributed by atoms with E-state index in [1.165, 1.54) is 0 Å². The molecule has 1 aliphatic rings. The third-order valence-corrected chi connectivity index (χ3v) is 4.01. The minimum atomic E-state index is 0.000511. The van der Waals surface area contributed by atoms with Crippen molar-refractivity contribution in [1.29, 1.82) is 0 Å². The summed E-state index contributed by atoms with van der Waals surface area (Å²) in [6, 6.07) is 4.22. The van der Waals surface area contributed by atoms with Gasteiger partial charge in [0.05, 0.1) is 17.4 Å². The van der Waals surface area contributed by atoms with E-state index in [1.807, 2.05) is 23.9 Å². The third kappa shape index (κ3) is 2.97. The molecule has 6 nitrogen and oxygen atoms in total. The van der Waals surface area contributed by atoms with E-state index in [2.05, 4.69) is 41.2 Å². The Labute approximate surface area is 130 Å². The molecule has 1 fully saturated rings. The number of anilines is 1. The van der Waals surface area contributed by atoms with Gasteiger partial charge in [0.2, 0.25) is 0 Å². The van der Waals surface area contributed by atoms with Crippen molar-refractivity contribution in [3.8, 4) is 0 Å². The molecular formula is C16H23N5O. The van der Waals surface area contributed by atoms with Gasteiger partial charge in [-0.05, 0) is 12.5 Å². The van der Waals surface area contributed by atoms with Gasteiger partial charge in [-0.2, -0.15) is 5.10 Å². The van der Waals surface area contributed by atoms with Crippen LogP contribution in [0.3, 0.4) is 0 Å². The van der Waals surface area contributed by atoms with E-state index in [4.69, 9.17) is 4.74 Å². The van der Waals surface area contributed by atoms with Crippen molar-refractivity contribution in [2.45, 2.75) is 44.8 Å². The van der Waals surface area contributed by atoms with Crippen LogP contribution in [0.25, 0.3) is 0 Å². The number of hydrogen-bond acceptors (Lipinski definition) is 5. The van der Waals surface area contributed by atoms with Crippen molar-refractivity contribution < 1.29 is 4.74 Å². The first kappa shape index (κ1) is 15.0. The number of aryl methyl sites for hydroxylation is 1. The van der Waals surface area contributed by atoms with Crippen LogP contribution in [-0.4, -0.2) is 32.4 Å². The lowest BCUT2D eigenvalue weighted by Gasteiger charge is -2.22. The Bertz CT molecular complexity index is 646. The first-order valence-electron chi connectivity index (χ1n) is 7.64. The van der Waals surface area contributed by atoms with Crippen LogP contribution in [0.2, 0.25) is 0 Å². The second-order valence-electron chi connectivity index (χ2n) is 6.75. The molecular weight excluding hydrogens is 278 g/mol. The average molecular weight is 301 g/mol. The molecule has 2 atom stereocenters. The molecule has 0 bridgehead atoms. The molecule has 0 amide bonds. The zero-order valence-electron chi connectivity index (χ0n) is 13.6. The molecule has 22 heavy (non-hydrogen) atoms. The molecule has 1 aliphatic heterocycles. The zero-order chi connectivity index (χ0) is 15.7. The predicted molar refractivity (Wildman–Crippen MR) is 84.7 cm³/mol. The number of hydrogen-bond donors (Lipinski definition) is 1. The summed E-state index contributed by atoms with van der Waals surface area (Å²) in [7, 11) is 1.94. The number of aromatic nitrogens is 4. The van der Waals surface area contributed by atoms with Gasteiger partial charge in [0, 0.05) is 31.3 Å². The van der Waals surface area contributed by atoms with Crippen LogP contribution in [0.5, 0.6) is 0 Å². The molecule has 2 aromatic heterocycles. The normalized spacial score (nSPS) is 22.0. The smallest absolute Gasteiger partial charge is 0.129 e. The van der Waals surface area contributed by atoms with Crippen LogP contribution in [0.15, 0.2) is 24.7 Å². The summed E-state index contributed by atoms with van der Waals surface area (Å²) < 4.78 is 7.76. The van der Waals surface area contributed by atoms with Crippen LogP contribution in [0.1, 0.15) is 44.7 Å². The summed E-state index contributed by atoms with van der Waals surface area (Å²) >= 11 is 0. The standard InChI is InChI=1S/C16H23N5O/c1-16(2,3)13-9-14(18-10-17-13)20-11-6-8-22-15(11)12-5-7-19-21(12)4/h5,7,9-11,15H,6,8H2,1-4H3,(H,17,18,20)/t11-,15-/m0/s1. The van der Waals surface area contributed by atoms with Crippen LogP contribution in [-0.2, 0) is 17.2 Å². The summed E-state index contributed by atoms with van der Waals surface area (Å²) in [5.41, 5.74) is 2.12. The lowest BCUT2D eigenvalue weighted by molar-refractivity contribution is 0.101. The summed E-state index contributed by atoms with van der Waals surface area (Å²) in [4.78, 5) is 8.73. The molecule has 0 aliphatic carbocycles. The highest BCUT2D eigenvalue weighted by Crippen LogP contribution is 2.31. The van der Waals surface area contributed by atoms with E-state index in [-0.39, 0.29) is 17.6 Å². The average Bonchev–Trinajstić information content (AvgIpc) is 3.07. The van der Waals surface area contributed by atoms with Crippen molar-refractivity contribution in [2.24, 2.45) is 7.05 Å². The van der Waals surface area contributed by atoms with Crippen molar-refractivity contribution in [3.05, 3.63) is 36.0 Å². The third-order valence-electron chi connectivity index (χ3n) is 4.01. The van der Waals surface area contributed by atoms with Gasteiger partial charge in [-0.1, -0.05) is 20.8 Å². The highest BCUT2D eigenvalue weighted by molar-refractivity contribution is 5.39. The molecule has 0 saturated carbocycles. The molecule has 1 N–H and O–H groups in total. The van der Waals surface area contributed by atoms with E-state index in [0.717, 1.165) is 30.2 Å². The Morgan fingerprint density at radius 2 is 2.14 bits per heavy atom. The molecule has 0 spiro atoms. The van der Waals surface area contributed by atoms with E-state index in [0.29, 0.717) is 0 Å². The number of nitrogens with one attached hydrogen (secondary N) is 1. The van der Waals surface area contributed by atoms with Gasteiger partial charge in [0.1, 0.15) is 18.2 Å². The number of nitrogens with zero attached hydrogens (tertiary/aromatic N) is 4. The van der Waals surface area contributed by atoms with Gasteiger partial charge in [-0.3, -0.25) is 4.68 Å². The Morgan fingerprint density at radius 3 is 2.82 bits per heavy atom.